The van der Waals surface area contributed by atoms with Crippen molar-refractivity contribution in [3.8, 4) is 0 Å². The van der Waals surface area contributed by atoms with E-state index < -0.39 is 0 Å². The summed E-state index contributed by atoms with van der Waals surface area (Å²) in [6, 6.07) is 7.02. The molecule has 0 saturated heterocycles. The second kappa shape index (κ2) is 13.3. The summed E-state index contributed by atoms with van der Waals surface area (Å²) in [5.41, 5.74) is 7.83. The Kier molecular flexibility index (Phi) is 10.7. The van der Waals surface area contributed by atoms with Crippen LogP contribution in [0.15, 0.2) is 85.0 Å². The van der Waals surface area contributed by atoms with Crippen LogP contribution in [0.25, 0.3) is 6.08 Å². The number of allylic oxidation sites excluding steroid dienone is 8. The molecule has 1 aliphatic carbocycles. The van der Waals surface area contributed by atoms with E-state index >= 15 is 0 Å². The Morgan fingerprint density at radius 1 is 1.12 bits per heavy atom. The fraction of sp³-hybridized carbons (Fsp3) is 0.438. The number of benzene rings is 1. The summed E-state index contributed by atoms with van der Waals surface area (Å²) in [5, 5.41) is 0. The van der Waals surface area contributed by atoms with Crippen LogP contribution < -0.4 is 0 Å². The molecule has 0 N–H and O–H groups in total. The van der Waals surface area contributed by atoms with Crippen molar-refractivity contribution in [2.45, 2.75) is 78.6 Å². The average molecular weight is 429 g/mol. The van der Waals surface area contributed by atoms with Gasteiger partial charge in [0.2, 0.25) is 0 Å². The second-order valence-corrected chi connectivity index (χ2v) is 9.29. The van der Waals surface area contributed by atoms with E-state index in [0.29, 0.717) is 17.8 Å². The molecule has 2 atom stereocenters. The fourth-order valence-electron chi connectivity index (χ4n) is 4.93. The fourth-order valence-corrected chi connectivity index (χ4v) is 4.93. The van der Waals surface area contributed by atoms with Gasteiger partial charge in [0.1, 0.15) is 0 Å². The van der Waals surface area contributed by atoms with Crippen molar-refractivity contribution in [1.29, 1.82) is 0 Å². The number of rotatable bonds is 13. The monoisotopic (exact) mass is 428 g/mol. The number of hydrogen-bond donors (Lipinski definition) is 0. The predicted octanol–water partition coefficient (Wildman–Crippen LogP) is 9.77. The van der Waals surface area contributed by atoms with Crippen LogP contribution in [0.3, 0.4) is 0 Å². The summed E-state index contributed by atoms with van der Waals surface area (Å²) in [4.78, 5) is 0. The lowest BCUT2D eigenvalue weighted by molar-refractivity contribution is 0.402. The van der Waals surface area contributed by atoms with Gasteiger partial charge in [-0.1, -0.05) is 108 Å². The van der Waals surface area contributed by atoms with Gasteiger partial charge < -0.3 is 0 Å². The predicted molar refractivity (Wildman–Crippen MR) is 145 cm³/mol. The Morgan fingerprint density at radius 2 is 1.84 bits per heavy atom. The van der Waals surface area contributed by atoms with E-state index in [-0.39, 0.29) is 0 Å². The van der Waals surface area contributed by atoms with Crippen LogP contribution in [0.2, 0.25) is 0 Å². The molecule has 0 heterocycles. The second-order valence-electron chi connectivity index (χ2n) is 9.29. The van der Waals surface area contributed by atoms with Crippen LogP contribution in [-0.2, 0) is 6.42 Å². The maximum atomic E-state index is 4.36. The van der Waals surface area contributed by atoms with Crippen LogP contribution >= 0.6 is 0 Å². The van der Waals surface area contributed by atoms with Gasteiger partial charge in [-0.05, 0) is 77.3 Å². The van der Waals surface area contributed by atoms with Crippen molar-refractivity contribution in [3.63, 3.8) is 0 Å². The van der Waals surface area contributed by atoms with E-state index in [1.807, 2.05) is 0 Å². The Morgan fingerprint density at radius 3 is 2.44 bits per heavy atom. The van der Waals surface area contributed by atoms with Gasteiger partial charge in [0.05, 0.1) is 0 Å². The third-order valence-corrected chi connectivity index (χ3v) is 6.87. The molecule has 1 aromatic rings. The molecule has 2 rings (SSSR count). The van der Waals surface area contributed by atoms with Crippen molar-refractivity contribution in [2.75, 3.05) is 0 Å². The molecular weight excluding hydrogens is 384 g/mol. The molecule has 0 nitrogen and oxygen atoms in total. The highest BCUT2D eigenvalue weighted by Gasteiger charge is 2.21. The lowest BCUT2D eigenvalue weighted by Gasteiger charge is -2.26. The maximum absolute atomic E-state index is 4.36. The van der Waals surface area contributed by atoms with E-state index in [1.165, 1.54) is 59.1 Å². The maximum Gasteiger partial charge on any atom is 0.00463 e. The normalized spacial score (nSPS) is 15.8. The summed E-state index contributed by atoms with van der Waals surface area (Å²) < 4.78 is 0. The Labute approximate surface area is 198 Å². The first kappa shape index (κ1) is 25.9. The molecule has 1 aliphatic rings. The molecule has 0 bridgehead atoms. The van der Waals surface area contributed by atoms with Gasteiger partial charge in [0.25, 0.3) is 0 Å². The van der Waals surface area contributed by atoms with Gasteiger partial charge in [-0.25, -0.2) is 0 Å². The molecule has 32 heavy (non-hydrogen) atoms. The molecule has 0 aliphatic heterocycles. The zero-order valence-electron chi connectivity index (χ0n) is 21.0. The number of hydrogen-bond acceptors (Lipinski definition) is 0. The van der Waals surface area contributed by atoms with Gasteiger partial charge in [-0.2, -0.15) is 0 Å². The van der Waals surface area contributed by atoms with E-state index in [1.54, 1.807) is 0 Å². The molecular formula is C32H44. The molecule has 0 radical (unpaired) electrons. The molecule has 1 aromatic carbocycles. The molecule has 172 valence electrons. The van der Waals surface area contributed by atoms with Crippen molar-refractivity contribution in [2.24, 2.45) is 11.8 Å². The summed E-state index contributed by atoms with van der Waals surface area (Å²) >= 11 is 0. The van der Waals surface area contributed by atoms with Crippen LogP contribution in [0.4, 0.5) is 0 Å². The zero-order valence-corrected chi connectivity index (χ0v) is 21.0. The Hall–Kier alpha value is -2.34. The van der Waals surface area contributed by atoms with E-state index in [4.69, 9.17) is 0 Å². The van der Waals surface area contributed by atoms with Crippen molar-refractivity contribution in [1.82, 2.24) is 0 Å². The Balaban J connectivity index is 2.13. The minimum absolute atomic E-state index is 0.402. The van der Waals surface area contributed by atoms with Gasteiger partial charge >= 0.3 is 0 Å². The SMILES string of the molecule is C=CC(c1ccc(/C=C/CC(C)C(=C)C2=CC=CCC2=C)cc1CC)C(CCC)CCC. The first-order chi connectivity index (χ1) is 15.5. The van der Waals surface area contributed by atoms with Gasteiger partial charge in [0, 0.05) is 5.92 Å². The highest BCUT2D eigenvalue weighted by atomic mass is 14.3. The molecule has 0 fully saturated rings. The van der Waals surface area contributed by atoms with Crippen LogP contribution in [0.5, 0.6) is 0 Å². The summed E-state index contributed by atoms with van der Waals surface area (Å²) in [7, 11) is 0. The smallest absolute Gasteiger partial charge is 0.00463 e. The van der Waals surface area contributed by atoms with Crippen molar-refractivity contribution in [3.05, 3.63) is 102 Å². The highest BCUT2D eigenvalue weighted by Crippen LogP contribution is 2.35. The van der Waals surface area contributed by atoms with Crippen LogP contribution in [0, 0.1) is 11.8 Å². The molecule has 2 unspecified atom stereocenters. The van der Waals surface area contributed by atoms with Crippen LogP contribution in [-0.4, -0.2) is 0 Å². The van der Waals surface area contributed by atoms with Gasteiger partial charge in [-0.15, -0.1) is 6.58 Å². The molecule has 0 aromatic heterocycles. The summed E-state index contributed by atoms with van der Waals surface area (Å²) in [6.45, 7) is 21.9. The minimum Gasteiger partial charge on any atom is -0.102 e. The average Bonchev–Trinajstić information content (AvgIpc) is 2.80. The van der Waals surface area contributed by atoms with Gasteiger partial charge in [0.15, 0.2) is 0 Å². The summed E-state index contributed by atoms with van der Waals surface area (Å²) in [6.07, 6.45) is 21.2. The van der Waals surface area contributed by atoms with E-state index in [9.17, 15) is 0 Å². The van der Waals surface area contributed by atoms with Gasteiger partial charge in [-0.3, -0.25) is 0 Å². The number of aryl methyl sites for hydroxylation is 1. The lowest BCUT2D eigenvalue weighted by Crippen LogP contribution is -2.13. The largest absolute Gasteiger partial charge is 0.102 e. The third-order valence-electron chi connectivity index (χ3n) is 6.87. The summed E-state index contributed by atoms with van der Waals surface area (Å²) in [5.74, 6) is 1.55. The van der Waals surface area contributed by atoms with Crippen molar-refractivity contribution < 1.29 is 0 Å². The molecule has 0 saturated carbocycles. The first-order valence-electron chi connectivity index (χ1n) is 12.6. The minimum atomic E-state index is 0.402. The molecule has 0 heteroatoms. The topological polar surface area (TPSA) is 0 Å². The lowest BCUT2D eigenvalue weighted by atomic mass is 9.78. The molecule has 0 spiro atoms. The Bertz CT molecular complexity index is 867. The van der Waals surface area contributed by atoms with Crippen molar-refractivity contribution >= 4 is 6.08 Å². The van der Waals surface area contributed by atoms with E-state index in [2.05, 4.69) is 102 Å². The molecule has 0 amide bonds. The quantitative estimate of drug-likeness (QED) is 0.274. The standard InChI is InChI=1S/C32H44/c1-8-15-29(16-9-2)30(11-4)32-22-21-27(23-28(32)10-3)19-14-18-24(5)26(7)31-20-13-12-17-25(31)6/h11-14,19-24,29-30H,4,6-10,15-18H2,1-3,5H3/b19-14+. The van der Waals surface area contributed by atoms with Crippen LogP contribution in [0.1, 0.15) is 88.8 Å². The third kappa shape index (κ3) is 6.83. The zero-order chi connectivity index (χ0) is 23.5. The highest BCUT2D eigenvalue weighted by molar-refractivity contribution is 5.54. The first-order valence-corrected chi connectivity index (χ1v) is 12.6. The van der Waals surface area contributed by atoms with E-state index in [0.717, 1.165) is 19.3 Å².